The highest BCUT2D eigenvalue weighted by Gasteiger charge is 2.06. The number of hydrogen-bond acceptors (Lipinski definition) is 4. The van der Waals surface area contributed by atoms with Gasteiger partial charge in [0.05, 0.1) is 16.3 Å². The number of aromatic nitrogens is 3. The van der Waals surface area contributed by atoms with Crippen LogP contribution >= 0.6 is 35.0 Å². The van der Waals surface area contributed by atoms with Crippen molar-refractivity contribution in [1.29, 1.82) is 0 Å². The summed E-state index contributed by atoms with van der Waals surface area (Å²) in [6.45, 7) is 0. The molecule has 0 spiro atoms. The van der Waals surface area contributed by atoms with Gasteiger partial charge in [0.1, 0.15) is 6.33 Å². The van der Waals surface area contributed by atoms with Crippen molar-refractivity contribution >= 4 is 41.2 Å². The predicted molar refractivity (Wildman–Crippen MR) is 95.5 cm³/mol. The van der Waals surface area contributed by atoms with E-state index in [1.165, 1.54) is 5.56 Å². The van der Waals surface area contributed by atoms with Crippen LogP contribution < -0.4 is 0 Å². The normalized spacial score (nSPS) is 11.2. The van der Waals surface area contributed by atoms with Gasteiger partial charge in [-0.2, -0.15) is 9.78 Å². The van der Waals surface area contributed by atoms with Crippen molar-refractivity contribution in [2.45, 2.75) is 10.9 Å². The summed E-state index contributed by atoms with van der Waals surface area (Å²) in [5, 5.41) is 14.1. The highest BCUT2D eigenvalue weighted by atomic mass is 35.5. The number of thioether (sulfide) groups is 1. The molecule has 116 valence electrons. The second-order valence-corrected chi connectivity index (χ2v) is 6.37. The standard InChI is InChI=1S/C16H12Cl2N4S/c17-14-7-4-8-15(18)13(14)9-20-22-11-19-21-16(22)23-10-12-5-2-1-3-6-12/h1-9,11H,10H2. The molecule has 0 saturated heterocycles. The first-order valence-electron chi connectivity index (χ1n) is 6.79. The van der Waals surface area contributed by atoms with Crippen LogP contribution in [0.15, 0.2) is 65.1 Å². The third kappa shape index (κ3) is 4.13. The monoisotopic (exact) mass is 362 g/mol. The Bertz CT molecular complexity index is 798. The molecule has 2 aromatic carbocycles. The molecule has 1 aromatic heterocycles. The average molecular weight is 363 g/mol. The van der Waals surface area contributed by atoms with Gasteiger partial charge in [-0.25, -0.2) is 0 Å². The van der Waals surface area contributed by atoms with E-state index in [0.29, 0.717) is 20.8 Å². The summed E-state index contributed by atoms with van der Waals surface area (Å²) in [7, 11) is 0. The Morgan fingerprint density at radius 1 is 1.04 bits per heavy atom. The molecule has 0 aliphatic rings. The molecule has 0 radical (unpaired) electrons. The van der Waals surface area contributed by atoms with Crippen LogP contribution in [0, 0.1) is 0 Å². The maximum atomic E-state index is 6.13. The van der Waals surface area contributed by atoms with Gasteiger partial charge in [0, 0.05) is 11.3 Å². The minimum Gasteiger partial charge on any atom is -0.195 e. The van der Waals surface area contributed by atoms with Gasteiger partial charge in [0.2, 0.25) is 5.16 Å². The Morgan fingerprint density at radius 3 is 2.52 bits per heavy atom. The molecule has 0 aliphatic carbocycles. The summed E-state index contributed by atoms with van der Waals surface area (Å²) in [6.07, 6.45) is 3.16. The Labute approximate surface area is 148 Å². The number of nitrogens with zero attached hydrogens (tertiary/aromatic N) is 4. The van der Waals surface area contributed by atoms with Gasteiger partial charge >= 0.3 is 0 Å². The second-order valence-electron chi connectivity index (χ2n) is 4.61. The minimum atomic E-state index is 0.549. The lowest BCUT2D eigenvalue weighted by molar-refractivity contribution is 0.767. The molecule has 23 heavy (non-hydrogen) atoms. The van der Waals surface area contributed by atoms with E-state index in [4.69, 9.17) is 23.2 Å². The molecule has 0 saturated carbocycles. The Morgan fingerprint density at radius 2 is 1.78 bits per heavy atom. The quantitative estimate of drug-likeness (QED) is 0.485. The van der Waals surface area contributed by atoms with Crippen LogP contribution in [-0.4, -0.2) is 21.1 Å². The molecule has 0 amide bonds. The van der Waals surface area contributed by atoms with Gasteiger partial charge in [-0.1, -0.05) is 71.4 Å². The molecule has 0 atom stereocenters. The number of benzene rings is 2. The lowest BCUT2D eigenvalue weighted by Gasteiger charge is -2.02. The van der Waals surface area contributed by atoms with E-state index in [1.807, 2.05) is 18.2 Å². The second kappa shape index (κ2) is 7.64. The molecule has 0 N–H and O–H groups in total. The van der Waals surface area contributed by atoms with Crippen molar-refractivity contribution in [3.05, 3.63) is 76.0 Å². The number of rotatable bonds is 5. The summed E-state index contributed by atoms with van der Waals surface area (Å²) in [5.41, 5.74) is 1.88. The molecular weight excluding hydrogens is 351 g/mol. The lowest BCUT2D eigenvalue weighted by Crippen LogP contribution is -1.94. The fraction of sp³-hybridized carbons (Fsp3) is 0.0625. The Kier molecular flexibility index (Phi) is 5.33. The van der Waals surface area contributed by atoms with E-state index in [1.54, 1.807) is 47.2 Å². The van der Waals surface area contributed by atoms with Crippen LogP contribution in [0.4, 0.5) is 0 Å². The van der Waals surface area contributed by atoms with E-state index in [2.05, 4.69) is 27.4 Å². The summed E-state index contributed by atoms with van der Waals surface area (Å²) >= 11 is 13.8. The Hall–Kier alpha value is -1.82. The van der Waals surface area contributed by atoms with Crippen molar-refractivity contribution in [1.82, 2.24) is 14.9 Å². The summed E-state index contributed by atoms with van der Waals surface area (Å²) < 4.78 is 1.60. The van der Waals surface area contributed by atoms with E-state index in [0.717, 1.165) is 5.75 Å². The zero-order chi connectivity index (χ0) is 16.1. The van der Waals surface area contributed by atoms with Gasteiger partial charge < -0.3 is 0 Å². The average Bonchev–Trinajstić information content (AvgIpc) is 3.01. The van der Waals surface area contributed by atoms with Crippen LogP contribution in [0.1, 0.15) is 11.1 Å². The fourth-order valence-corrected chi connectivity index (χ4v) is 3.18. The van der Waals surface area contributed by atoms with Crippen LogP contribution in [0.5, 0.6) is 0 Å². The van der Waals surface area contributed by atoms with Crippen molar-refractivity contribution in [3.63, 3.8) is 0 Å². The number of halogens is 2. The predicted octanol–water partition coefficient (Wildman–Crippen LogP) is 4.76. The first kappa shape index (κ1) is 16.1. The molecule has 0 bridgehead atoms. The SMILES string of the molecule is Clc1cccc(Cl)c1C=Nn1cnnc1SCc1ccccc1. The molecule has 3 aromatic rings. The minimum absolute atomic E-state index is 0.549. The highest BCUT2D eigenvalue weighted by molar-refractivity contribution is 7.98. The topological polar surface area (TPSA) is 43.1 Å². The fourth-order valence-electron chi connectivity index (χ4n) is 1.87. The van der Waals surface area contributed by atoms with Crippen molar-refractivity contribution in [2.75, 3.05) is 0 Å². The Balaban J connectivity index is 1.75. The maximum Gasteiger partial charge on any atom is 0.212 e. The van der Waals surface area contributed by atoms with Gasteiger partial charge in [-0.05, 0) is 17.7 Å². The number of hydrogen-bond donors (Lipinski definition) is 0. The first-order chi connectivity index (χ1) is 11.2. The molecule has 1 heterocycles. The zero-order valence-electron chi connectivity index (χ0n) is 11.9. The highest BCUT2D eigenvalue weighted by Crippen LogP contribution is 2.23. The van der Waals surface area contributed by atoms with Crippen molar-refractivity contribution in [3.8, 4) is 0 Å². The molecule has 0 fully saturated rings. The molecule has 0 aliphatic heterocycles. The van der Waals surface area contributed by atoms with E-state index >= 15 is 0 Å². The van der Waals surface area contributed by atoms with Gasteiger partial charge in [-0.15, -0.1) is 10.2 Å². The molecule has 7 heteroatoms. The molecule has 0 unspecified atom stereocenters. The summed E-state index contributed by atoms with van der Waals surface area (Å²) in [5.74, 6) is 0.794. The van der Waals surface area contributed by atoms with Gasteiger partial charge in [0.15, 0.2) is 0 Å². The maximum absolute atomic E-state index is 6.13. The third-order valence-corrected chi connectivity index (χ3v) is 4.69. The first-order valence-corrected chi connectivity index (χ1v) is 8.53. The van der Waals surface area contributed by atoms with Crippen molar-refractivity contribution in [2.24, 2.45) is 5.10 Å². The zero-order valence-corrected chi connectivity index (χ0v) is 14.3. The van der Waals surface area contributed by atoms with E-state index in [9.17, 15) is 0 Å². The molecular formula is C16H12Cl2N4S. The summed E-state index contributed by atoms with van der Waals surface area (Å²) in [4.78, 5) is 0. The van der Waals surface area contributed by atoms with Gasteiger partial charge in [0.25, 0.3) is 0 Å². The van der Waals surface area contributed by atoms with E-state index in [-0.39, 0.29) is 0 Å². The van der Waals surface area contributed by atoms with Crippen LogP contribution in [0.3, 0.4) is 0 Å². The van der Waals surface area contributed by atoms with Crippen LogP contribution in [0.25, 0.3) is 0 Å². The molecule has 4 nitrogen and oxygen atoms in total. The smallest absolute Gasteiger partial charge is 0.195 e. The molecule has 3 rings (SSSR count). The van der Waals surface area contributed by atoms with Crippen LogP contribution in [0.2, 0.25) is 10.0 Å². The summed E-state index contributed by atoms with van der Waals surface area (Å²) in [6, 6.07) is 15.5. The third-order valence-electron chi connectivity index (χ3n) is 3.02. The van der Waals surface area contributed by atoms with Crippen molar-refractivity contribution < 1.29 is 0 Å². The van der Waals surface area contributed by atoms with Gasteiger partial charge in [-0.3, -0.25) is 0 Å². The van der Waals surface area contributed by atoms with Crippen LogP contribution in [-0.2, 0) is 5.75 Å². The largest absolute Gasteiger partial charge is 0.212 e. The van der Waals surface area contributed by atoms with E-state index < -0.39 is 0 Å². The lowest BCUT2D eigenvalue weighted by atomic mass is 10.2.